The summed E-state index contributed by atoms with van der Waals surface area (Å²) >= 11 is 0. The minimum atomic E-state index is -0.301. The lowest BCUT2D eigenvalue weighted by Crippen LogP contribution is -2.45. The minimum Gasteiger partial charge on any atom is -0.465 e. The van der Waals surface area contributed by atoms with Gasteiger partial charge in [0.1, 0.15) is 0 Å². The van der Waals surface area contributed by atoms with Gasteiger partial charge in [0.05, 0.1) is 12.7 Å². The van der Waals surface area contributed by atoms with Gasteiger partial charge in [-0.25, -0.2) is 4.79 Å². The van der Waals surface area contributed by atoms with Gasteiger partial charge in [0.25, 0.3) is 0 Å². The van der Waals surface area contributed by atoms with Gasteiger partial charge in [-0.2, -0.15) is 0 Å². The topological polar surface area (TPSA) is 53.6 Å². The second kappa shape index (κ2) is 7.11. The number of nitrogens with zero attached hydrogens (tertiary/aromatic N) is 1. The summed E-state index contributed by atoms with van der Waals surface area (Å²) in [5, 5.41) is 6.64. The molecule has 19 heavy (non-hydrogen) atoms. The van der Waals surface area contributed by atoms with Crippen LogP contribution in [0, 0.1) is 0 Å². The number of hydrogen-bond acceptors (Lipinski definition) is 5. The Labute approximate surface area is 113 Å². The molecule has 1 aliphatic heterocycles. The molecule has 0 bridgehead atoms. The summed E-state index contributed by atoms with van der Waals surface area (Å²) in [4.78, 5) is 14.0. The molecule has 2 N–H and O–H groups in total. The van der Waals surface area contributed by atoms with Crippen LogP contribution in [-0.2, 0) is 4.74 Å². The maximum absolute atomic E-state index is 11.6. The molecule has 1 aromatic rings. The molecule has 104 valence electrons. The number of piperazine rings is 1. The molecule has 0 radical (unpaired) electrons. The maximum atomic E-state index is 11.6. The van der Waals surface area contributed by atoms with E-state index in [4.69, 9.17) is 4.74 Å². The molecule has 0 spiro atoms. The Balaban J connectivity index is 1.86. The van der Waals surface area contributed by atoms with Crippen LogP contribution in [0.3, 0.4) is 0 Å². The smallest absolute Gasteiger partial charge is 0.339 e. The molecule has 0 aliphatic carbocycles. The van der Waals surface area contributed by atoms with E-state index in [1.54, 1.807) is 6.07 Å². The number of benzene rings is 1. The normalized spacial score (nSPS) is 16.1. The van der Waals surface area contributed by atoms with Crippen LogP contribution in [0.2, 0.25) is 0 Å². The van der Waals surface area contributed by atoms with Crippen molar-refractivity contribution in [1.82, 2.24) is 10.2 Å². The summed E-state index contributed by atoms with van der Waals surface area (Å²) in [5.74, 6) is -0.301. The largest absolute Gasteiger partial charge is 0.465 e. The number of carbonyl (C=O) groups is 1. The standard InChI is InChI=1S/C14H21N3O2/c1-19-14(18)12-4-2-3-5-13(12)16-8-11-17-9-6-15-7-10-17/h2-5,15-16H,6-11H2,1H3. The van der Waals surface area contributed by atoms with Crippen molar-refractivity contribution in [1.29, 1.82) is 0 Å². The maximum Gasteiger partial charge on any atom is 0.339 e. The van der Waals surface area contributed by atoms with E-state index in [-0.39, 0.29) is 5.97 Å². The number of carbonyl (C=O) groups excluding carboxylic acids is 1. The highest BCUT2D eigenvalue weighted by Gasteiger charge is 2.12. The van der Waals surface area contributed by atoms with E-state index >= 15 is 0 Å². The highest BCUT2D eigenvalue weighted by Crippen LogP contribution is 2.15. The summed E-state index contributed by atoms with van der Waals surface area (Å²) in [6, 6.07) is 7.44. The van der Waals surface area contributed by atoms with Crippen molar-refractivity contribution in [3.05, 3.63) is 29.8 Å². The molecular weight excluding hydrogens is 242 g/mol. The Morgan fingerprint density at radius 2 is 2.11 bits per heavy atom. The van der Waals surface area contributed by atoms with Gasteiger partial charge in [0.2, 0.25) is 0 Å². The van der Waals surface area contributed by atoms with Crippen molar-refractivity contribution in [2.45, 2.75) is 0 Å². The van der Waals surface area contributed by atoms with E-state index in [9.17, 15) is 4.79 Å². The second-order valence-electron chi connectivity index (χ2n) is 4.56. The van der Waals surface area contributed by atoms with Gasteiger partial charge in [-0.1, -0.05) is 12.1 Å². The molecule has 2 rings (SSSR count). The van der Waals surface area contributed by atoms with E-state index in [2.05, 4.69) is 15.5 Å². The Kier molecular flexibility index (Phi) is 5.18. The minimum absolute atomic E-state index is 0.301. The van der Waals surface area contributed by atoms with Crippen molar-refractivity contribution in [3.63, 3.8) is 0 Å². The summed E-state index contributed by atoms with van der Waals surface area (Å²) in [5.41, 5.74) is 1.43. The third-order valence-electron chi connectivity index (χ3n) is 3.29. The number of ether oxygens (including phenoxy) is 1. The molecule has 0 saturated carbocycles. The van der Waals surface area contributed by atoms with Crippen LogP contribution >= 0.6 is 0 Å². The molecule has 5 nitrogen and oxygen atoms in total. The van der Waals surface area contributed by atoms with Crippen LogP contribution in [0.25, 0.3) is 0 Å². The third kappa shape index (κ3) is 3.94. The average molecular weight is 263 g/mol. The third-order valence-corrected chi connectivity index (χ3v) is 3.29. The molecule has 1 saturated heterocycles. The molecule has 1 aliphatic rings. The summed E-state index contributed by atoms with van der Waals surface area (Å²) < 4.78 is 4.78. The molecule has 0 unspecified atom stereocenters. The fourth-order valence-corrected chi connectivity index (χ4v) is 2.21. The molecule has 1 fully saturated rings. The van der Waals surface area contributed by atoms with Crippen molar-refractivity contribution in [2.24, 2.45) is 0 Å². The van der Waals surface area contributed by atoms with Crippen LogP contribution in [0.15, 0.2) is 24.3 Å². The SMILES string of the molecule is COC(=O)c1ccccc1NCCN1CCNCC1. The summed E-state index contributed by atoms with van der Waals surface area (Å²) in [6.07, 6.45) is 0. The number of nitrogens with one attached hydrogen (secondary N) is 2. The Morgan fingerprint density at radius 1 is 1.37 bits per heavy atom. The van der Waals surface area contributed by atoms with Crippen LogP contribution in [0.5, 0.6) is 0 Å². The predicted molar refractivity (Wildman–Crippen MR) is 75.6 cm³/mol. The Hall–Kier alpha value is -1.59. The molecular formula is C14H21N3O2. The molecule has 1 aromatic carbocycles. The Morgan fingerprint density at radius 3 is 2.84 bits per heavy atom. The van der Waals surface area contributed by atoms with E-state index in [1.165, 1.54) is 7.11 Å². The van der Waals surface area contributed by atoms with E-state index in [0.29, 0.717) is 5.56 Å². The predicted octanol–water partition coefficient (Wildman–Crippen LogP) is 0.790. The van der Waals surface area contributed by atoms with Gasteiger partial charge in [-0.15, -0.1) is 0 Å². The van der Waals surface area contributed by atoms with Gasteiger partial charge in [-0.05, 0) is 12.1 Å². The average Bonchev–Trinajstić information content (AvgIpc) is 2.48. The first-order chi connectivity index (χ1) is 9.31. The quantitative estimate of drug-likeness (QED) is 0.769. The number of esters is 1. The van der Waals surface area contributed by atoms with Crippen LogP contribution in [0.4, 0.5) is 5.69 Å². The van der Waals surface area contributed by atoms with Crippen LogP contribution in [-0.4, -0.2) is 57.2 Å². The van der Waals surface area contributed by atoms with Crippen LogP contribution in [0.1, 0.15) is 10.4 Å². The van der Waals surface area contributed by atoms with E-state index in [1.807, 2.05) is 18.2 Å². The lowest BCUT2D eigenvalue weighted by molar-refractivity contribution is 0.0602. The van der Waals surface area contributed by atoms with Crippen molar-refractivity contribution in [2.75, 3.05) is 51.7 Å². The first-order valence-electron chi connectivity index (χ1n) is 6.65. The highest BCUT2D eigenvalue weighted by molar-refractivity contribution is 5.95. The number of anilines is 1. The van der Waals surface area contributed by atoms with Gasteiger partial charge in [0.15, 0.2) is 0 Å². The first kappa shape index (κ1) is 13.8. The molecule has 0 amide bonds. The zero-order valence-corrected chi connectivity index (χ0v) is 11.3. The second-order valence-corrected chi connectivity index (χ2v) is 4.56. The molecule has 0 aromatic heterocycles. The first-order valence-corrected chi connectivity index (χ1v) is 6.65. The van der Waals surface area contributed by atoms with Gasteiger partial charge < -0.3 is 15.4 Å². The van der Waals surface area contributed by atoms with Crippen molar-refractivity contribution >= 4 is 11.7 Å². The number of rotatable bonds is 5. The number of para-hydroxylation sites is 1. The molecule has 5 heteroatoms. The highest BCUT2D eigenvalue weighted by atomic mass is 16.5. The monoisotopic (exact) mass is 263 g/mol. The van der Waals surface area contributed by atoms with Gasteiger partial charge in [-0.3, -0.25) is 4.90 Å². The number of methoxy groups -OCH3 is 1. The van der Waals surface area contributed by atoms with Crippen LogP contribution < -0.4 is 10.6 Å². The number of hydrogen-bond donors (Lipinski definition) is 2. The fraction of sp³-hybridized carbons (Fsp3) is 0.500. The lowest BCUT2D eigenvalue weighted by Gasteiger charge is -2.27. The summed E-state index contributed by atoms with van der Waals surface area (Å²) in [7, 11) is 1.40. The molecule has 0 atom stereocenters. The van der Waals surface area contributed by atoms with Crippen molar-refractivity contribution in [3.8, 4) is 0 Å². The van der Waals surface area contributed by atoms with Gasteiger partial charge >= 0.3 is 5.97 Å². The fourth-order valence-electron chi connectivity index (χ4n) is 2.21. The Bertz CT molecular complexity index is 417. The zero-order valence-electron chi connectivity index (χ0n) is 11.3. The lowest BCUT2D eigenvalue weighted by atomic mass is 10.2. The van der Waals surface area contributed by atoms with Crippen molar-refractivity contribution < 1.29 is 9.53 Å². The molecule has 1 heterocycles. The van der Waals surface area contributed by atoms with E-state index in [0.717, 1.165) is 45.0 Å². The zero-order chi connectivity index (χ0) is 13.5. The van der Waals surface area contributed by atoms with E-state index < -0.39 is 0 Å². The summed E-state index contributed by atoms with van der Waals surface area (Å²) in [6.45, 7) is 6.09. The van der Waals surface area contributed by atoms with Gasteiger partial charge in [0, 0.05) is 45.0 Å².